The molecule has 1 heterocycles. The summed E-state index contributed by atoms with van der Waals surface area (Å²) in [6, 6.07) is 20.8. The third-order valence-corrected chi connectivity index (χ3v) is 7.40. The maximum atomic E-state index is 13.7. The number of likely N-dealkylation sites (tertiary alicyclic amines) is 1. The van der Waals surface area contributed by atoms with Gasteiger partial charge in [0.1, 0.15) is 5.82 Å². The maximum absolute atomic E-state index is 13.7. The minimum absolute atomic E-state index is 0.251. The van der Waals surface area contributed by atoms with Crippen LogP contribution in [0.2, 0.25) is 0 Å². The van der Waals surface area contributed by atoms with Gasteiger partial charge in [0.05, 0.1) is 12.2 Å². The lowest BCUT2D eigenvalue weighted by atomic mass is 9.86. The van der Waals surface area contributed by atoms with E-state index in [0.29, 0.717) is 17.9 Å². The summed E-state index contributed by atoms with van der Waals surface area (Å²) in [5, 5.41) is 9.51. The Balaban J connectivity index is 1.48. The van der Waals surface area contributed by atoms with Crippen LogP contribution >= 0.6 is 0 Å². The molecule has 0 spiro atoms. The summed E-state index contributed by atoms with van der Waals surface area (Å²) in [6.45, 7) is 2.65. The molecule has 1 aliphatic heterocycles. The zero-order chi connectivity index (χ0) is 25.1. The Bertz CT molecular complexity index is 1260. The number of carboxylic acids is 1. The molecule has 1 N–H and O–H groups in total. The minimum Gasteiger partial charge on any atom is -0.478 e. The highest BCUT2D eigenvalue weighted by atomic mass is 19.1. The molecule has 0 unspecified atom stereocenters. The van der Waals surface area contributed by atoms with Gasteiger partial charge in [-0.15, -0.1) is 0 Å². The van der Waals surface area contributed by atoms with E-state index in [-0.39, 0.29) is 12.5 Å². The van der Waals surface area contributed by atoms with Crippen molar-refractivity contribution < 1.29 is 18.7 Å². The summed E-state index contributed by atoms with van der Waals surface area (Å²) in [6.07, 6.45) is 4.14. The number of allylic oxidation sites excluding steroid dienone is 1. The van der Waals surface area contributed by atoms with E-state index < -0.39 is 5.97 Å². The largest absolute Gasteiger partial charge is 0.478 e. The first-order valence-electron chi connectivity index (χ1n) is 12.7. The first-order chi connectivity index (χ1) is 17.5. The number of fused-ring (bicyclic) bond motifs is 1. The van der Waals surface area contributed by atoms with Crippen molar-refractivity contribution in [3.8, 4) is 0 Å². The van der Waals surface area contributed by atoms with E-state index in [0.717, 1.165) is 78.7 Å². The summed E-state index contributed by atoms with van der Waals surface area (Å²) >= 11 is 0. The number of hydrogen-bond donors (Lipinski definition) is 1. The predicted molar refractivity (Wildman–Crippen MR) is 139 cm³/mol. The molecule has 0 saturated carbocycles. The van der Waals surface area contributed by atoms with Crippen LogP contribution in [0, 0.1) is 11.7 Å². The lowest BCUT2D eigenvalue weighted by Crippen LogP contribution is -2.47. The molecule has 1 fully saturated rings. The van der Waals surface area contributed by atoms with Crippen LogP contribution in [0.15, 0.2) is 66.7 Å². The highest BCUT2D eigenvalue weighted by Gasteiger charge is 2.26. The number of halogens is 2. The minimum atomic E-state index is -0.921. The zero-order valence-electron chi connectivity index (χ0n) is 20.4. The van der Waals surface area contributed by atoms with Gasteiger partial charge in [0.2, 0.25) is 0 Å². The van der Waals surface area contributed by atoms with Gasteiger partial charge in [-0.2, -0.15) is 0 Å². The Labute approximate surface area is 211 Å². The molecular formula is C31H31F2NO2. The first kappa shape index (κ1) is 24.4. The van der Waals surface area contributed by atoms with Crippen LogP contribution in [-0.4, -0.2) is 42.3 Å². The van der Waals surface area contributed by atoms with Gasteiger partial charge in [-0.3, -0.25) is 4.39 Å². The predicted octanol–water partition coefficient (Wildman–Crippen LogP) is 6.65. The standard InChI is InChI=1S/C31H31F2NO2/c32-15-2-16-34-19-22(20-34)17-21-5-7-24(8-6-21)30-28(23-9-12-27(33)13-10-23)4-1-3-25-18-26(31(35)36)11-14-29(25)30/h5-14,18,22H,1-4,15-17,19-20H2,(H,35,36). The number of alkyl halides is 1. The summed E-state index contributed by atoms with van der Waals surface area (Å²) < 4.78 is 26.1. The van der Waals surface area contributed by atoms with Crippen LogP contribution in [0.3, 0.4) is 0 Å². The van der Waals surface area contributed by atoms with Crippen molar-refractivity contribution in [3.05, 3.63) is 106 Å². The molecule has 1 saturated heterocycles. The van der Waals surface area contributed by atoms with Gasteiger partial charge >= 0.3 is 5.97 Å². The fourth-order valence-electron chi connectivity index (χ4n) is 5.60. The Hall–Kier alpha value is -3.31. The van der Waals surface area contributed by atoms with Crippen LogP contribution in [-0.2, 0) is 12.8 Å². The van der Waals surface area contributed by atoms with Crippen molar-refractivity contribution in [2.45, 2.75) is 32.1 Å². The molecular weight excluding hydrogens is 456 g/mol. The van der Waals surface area contributed by atoms with E-state index in [1.165, 1.54) is 17.7 Å². The highest BCUT2D eigenvalue weighted by Crippen LogP contribution is 2.40. The van der Waals surface area contributed by atoms with Gasteiger partial charge in [0.25, 0.3) is 0 Å². The second-order valence-corrected chi connectivity index (χ2v) is 9.96. The molecule has 5 rings (SSSR count). The molecule has 0 aromatic heterocycles. The van der Waals surface area contributed by atoms with Crippen LogP contribution in [0.1, 0.15) is 57.4 Å². The lowest BCUT2D eigenvalue weighted by Gasteiger charge is -2.39. The Morgan fingerprint density at radius 3 is 2.36 bits per heavy atom. The number of carbonyl (C=O) groups is 1. The van der Waals surface area contributed by atoms with Gasteiger partial charge in [-0.25, -0.2) is 9.18 Å². The van der Waals surface area contributed by atoms with E-state index in [9.17, 15) is 18.7 Å². The lowest BCUT2D eigenvalue weighted by molar-refractivity contribution is 0.0696. The summed E-state index contributed by atoms with van der Waals surface area (Å²) in [5.41, 5.74) is 8.00. The number of carboxylic acid groups (broad SMARTS) is 1. The molecule has 0 bridgehead atoms. The van der Waals surface area contributed by atoms with Crippen molar-refractivity contribution in [2.24, 2.45) is 5.92 Å². The average Bonchev–Trinajstić information content (AvgIpc) is 3.05. The maximum Gasteiger partial charge on any atom is 0.335 e. The quantitative estimate of drug-likeness (QED) is 0.387. The second-order valence-electron chi connectivity index (χ2n) is 9.96. The van der Waals surface area contributed by atoms with Crippen molar-refractivity contribution in [2.75, 3.05) is 26.3 Å². The average molecular weight is 488 g/mol. The van der Waals surface area contributed by atoms with Gasteiger partial charge in [-0.05, 0) is 101 Å². The molecule has 3 aromatic carbocycles. The smallest absolute Gasteiger partial charge is 0.335 e. The van der Waals surface area contributed by atoms with E-state index in [1.54, 1.807) is 12.1 Å². The number of aromatic carboxylic acids is 1. The number of aryl methyl sites for hydroxylation is 1. The molecule has 5 heteroatoms. The zero-order valence-corrected chi connectivity index (χ0v) is 20.4. The summed E-state index contributed by atoms with van der Waals surface area (Å²) in [5.74, 6) is -0.572. The second kappa shape index (κ2) is 10.8. The van der Waals surface area contributed by atoms with Crippen LogP contribution in [0.5, 0.6) is 0 Å². The molecule has 3 aromatic rings. The monoisotopic (exact) mass is 487 g/mol. The van der Waals surface area contributed by atoms with Crippen molar-refractivity contribution in [1.29, 1.82) is 0 Å². The van der Waals surface area contributed by atoms with Crippen molar-refractivity contribution in [1.82, 2.24) is 4.90 Å². The van der Waals surface area contributed by atoms with Crippen molar-refractivity contribution in [3.63, 3.8) is 0 Å². The molecule has 186 valence electrons. The molecule has 0 radical (unpaired) electrons. The van der Waals surface area contributed by atoms with E-state index in [4.69, 9.17) is 0 Å². The van der Waals surface area contributed by atoms with Crippen molar-refractivity contribution >= 4 is 17.1 Å². The van der Waals surface area contributed by atoms with E-state index in [1.807, 2.05) is 18.2 Å². The summed E-state index contributed by atoms with van der Waals surface area (Å²) in [7, 11) is 0. The SMILES string of the molecule is O=C(O)c1ccc2c(c1)CCCC(c1ccc(F)cc1)=C2c1ccc(CC2CN(CCCF)C2)cc1. The van der Waals surface area contributed by atoms with E-state index in [2.05, 4.69) is 29.2 Å². The normalized spacial score (nSPS) is 16.4. The number of benzene rings is 3. The van der Waals surface area contributed by atoms with Gasteiger partial charge in [-0.1, -0.05) is 42.5 Å². The van der Waals surface area contributed by atoms with E-state index >= 15 is 0 Å². The highest BCUT2D eigenvalue weighted by molar-refractivity contribution is 6.00. The topological polar surface area (TPSA) is 40.5 Å². The Morgan fingerprint density at radius 2 is 1.67 bits per heavy atom. The van der Waals surface area contributed by atoms with Gasteiger partial charge in [0.15, 0.2) is 0 Å². The Kier molecular flexibility index (Phi) is 7.28. The first-order valence-corrected chi connectivity index (χ1v) is 12.7. The molecule has 2 aliphatic rings. The molecule has 3 nitrogen and oxygen atoms in total. The summed E-state index contributed by atoms with van der Waals surface area (Å²) in [4.78, 5) is 13.9. The van der Waals surface area contributed by atoms with Gasteiger partial charge in [0, 0.05) is 19.6 Å². The number of nitrogens with zero attached hydrogens (tertiary/aromatic N) is 1. The van der Waals surface area contributed by atoms with Gasteiger partial charge < -0.3 is 10.0 Å². The van der Waals surface area contributed by atoms with Crippen LogP contribution < -0.4 is 0 Å². The molecule has 1 aliphatic carbocycles. The van der Waals surface area contributed by atoms with Crippen LogP contribution in [0.4, 0.5) is 8.78 Å². The number of hydrogen-bond acceptors (Lipinski definition) is 2. The Morgan fingerprint density at radius 1 is 0.944 bits per heavy atom. The number of rotatable bonds is 8. The third kappa shape index (κ3) is 5.26. The fourth-order valence-corrected chi connectivity index (χ4v) is 5.60. The van der Waals surface area contributed by atoms with Crippen LogP contribution in [0.25, 0.3) is 11.1 Å². The third-order valence-electron chi connectivity index (χ3n) is 7.40. The fraction of sp³-hybridized carbons (Fsp3) is 0.323. The molecule has 36 heavy (non-hydrogen) atoms. The molecule has 0 atom stereocenters. The molecule has 0 amide bonds.